The summed E-state index contributed by atoms with van der Waals surface area (Å²) < 4.78 is -0.421. The normalized spacial score (nSPS) is 27.8. The molecular weight excluding hydrogens is 184 g/mol. The van der Waals surface area contributed by atoms with Crippen LogP contribution in [0.1, 0.15) is 45.4 Å². The predicted molar refractivity (Wildman–Crippen MR) is 56.2 cm³/mol. The Bertz CT molecular complexity index is 174. The molecule has 0 aromatic heterocycles. The third-order valence-corrected chi connectivity index (χ3v) is 4.31. The van der Waals surface area contributed by atoms with Crippen LogP contribution in [0, 0.1) is 0 Å². The first-order chi connectivity index (χ1) is 6.21. The average Bonchev–Trinajstić information content (AvgIpc) is 2.55. The molecule has 2 nitrogen and oxygen atoms in total. The summed E-state index contributed by atoms with van der Waals surface area (Å²) >= 11 is 1.65. The van der Waals surface area contributed by atoms with E-state index in [-0.39, 0.29) is 0 Å². The van der Waals surface area contributed by atoms with E-state index >= 15 is 0 Å². The number of carboxylic acids is 1. The number of aliphatic carboxylic acids is 1. The quantitative estimate of drug-likeness (QED) is 0.696. The number of carbonyl (C=O) groups is 1. The van der Waals surface area contributed by atoms with Crippen LogP contribution in [0.25, 0.3) is 0 Å². The fourth-order valence-corrected chi connectivity index (χ4v) is 3.21. The lowest BCUT2D eigenvalue weighted by Crippen LogP contribution is -2.32. The third-order valence-electron chi connectivity index (χ3n) is 2.68. The van der Waals surface area contributed by atoms with Crippen molar-refractivity contribution < 1.29 is 9.90 Å². The molecule has 0 aliphatic carbocycles. The average molecular weight is 202 g/mol. The van der Waals surface area contributed by atoms with Crippen LogP contribution in [-0.4, -0.2) is 21.6 Å². The highest BCUT2D eigenvalue weighted by Crippen LogP contribution is 2.42. The van der Waals surface area contributed by atoms with Gasteiger partial charge in [0.15, 0.2) is 0 Å². The van der Waals surface area contributed by atoms with Crippen molar-refractivity contribution >= 4 is 17.7 Å². The van der Waals surface area contributed by atoms with Gasteiger partial charge in [0, 0.05) is 0 Å². The Morgan fingerprint density at radius 3 is 2.77 bits per heavy atom. The van der Waals surface area contributed by atoms with E-state index in [0.29, 0.717) is 0 Å². The lowest BCUT2D eigenvalue weighted by molar-refractivity contribution is -0.140. The number of carboxylic acid groups (broad SMARTS) is 1. The zero-order valence-corrected chi connectivity index (χ0v) is 9.03. The Kier molecular flexibility index (Phi) is 4.10. The van der Waals surface area contributed by atoms with Gasteiger partial charge in [-0.15, -0.1) is 11.8 Å². The Balaban J connectivity index is 2.43. The van der Waals surface area contributed by atoms with Crippen molar-refractivity contribution in [3.05, 3.63) is 0 Å². The Hall–Kier alpha value is -0.180. The molecule has 0 amide bonds. The minimum Gasteiger partial charge on any atom is -0.480 e. The van der Waals surface area contributed by atoms with E-state index in [1.54, 1.807) is 11.8 Å². The SMILES string of the molecule is CCCCCC1(C(=O)O)CCCS1. The van der Waals surface area contributed by atoms with E-state index in [2.05, 4.69) is 6.92 Å². The molecule has 1 rings (SSSR count). The van der Waals surface area contributed by atoms with Crippen LogP contribution in [-0.2, 0) is 4.79 Å². The van der Waals surface area contributed by atoms with E-state index in [4.69, 9.17) is 5.11 Å². The van der Waals surface area contributed by atoms with Crippen molar-refractivity contribution in [1.82, 2.24) is 0 Å². The van der Waals surface area contributed by atoms with E-state index in [0.717, 1.165) is 37.9 Å². The van der Waals surface area contributed by atoms with Gasteiger partial charge in [0.2, 0.25) is 0 Å². The molecule has 0 aromatic rings. The summed E-state index contributed by atoms with van der Waals surface area (Å²) in [6.07, 6.45) is 6.20. The highest BCUT2D eigenvalue weighted by molar-refractivity contribution is 8.01. The van der Waals surface area contributed by atoms with E-state index in [1.165, 1.54) is 6.42 Å². The molecular formula is C10H18O2S. The predicted octanol–water partition coefficient (Wildman–Crippen LogP) is 2.92. The van der Waals surface area contributed by atoms with Gasteiger partial charge in [0.25, 0.3) is 0 Å². The molecule has 0 bridgehead atoms. The Morgan fingerprint density at radius 2 is 2.31 bits per heavy atom. The van der Waals surface area contributed by atoms with Gasteiger partial charge >= 0.3 is 5.97 Å². The highest BCUT2D eigenvalue weighted by Gasteiger charge is 2.41. The second-order valence-corrected chi connectivity index (χ2v) is 5.19. The van der Waals surface area contributed by atoms with Gasteiger partial charge < -0.3 is 5.11 Å². The molecule has 1 N–H and O–H groups in total. The van der Waals surface area contributed by atoms with Gasteiger partial charge in [-0.2, -0.15) is 0 Å². The van der Waals surface area contributed by atoms with Crippen molar-refractivity contribution in [1.29, 1.82) is 0 Å². The molecule has 0 radical (unpaired) electrons. The summed E-state index contributed by atoms with van der Waals surface area (Å²) in [6.45, 7) is 2.15. The maximum absolute atomic E-state index is 11.1. The van der Waals surface area contributed by atoms with Gasteiger partial charge in [0.1, 0.15) is 4.75 Å². The number of hydrogen-bond acceptors (Lipinski definition) is 2. The minimum atomic E-state index is -0.592. The summed E-state index contributed by atoms with van der Waals surface area (Å²) in [5, 5.41) is 9.14. The summed E-state index contributed by atoms with van der Waals surface area (Å²) in [5.74, 6) is 0.435. The summed E-state index contributed by atoms with van der Waals surface area (Å²) in [6, 6.07) is 0. The smallest absolute Gasteiger partial charge is 0.319 e. The van der Waals surface area contributed by atoms with Crippen molar-refractivity contribution in [3.63, 3.8) is 0 Å². The molecule has 13 heavy (non-hydrogen) atoms. The second kappa shape index (κ2) is 4.89. The lowest BCUT2D eigenvalue weighted by atomic mass is 9.96. The van der Waals surface area contributed by atoms with Crippen LogP contribution >= 0.6 is 11.8 Å². The zero-order valence-electron chi connectivity index (χ0n) is 8.21. The van der Waals surface area contributed by atoms with E-state index in [9.17, 15) is 4.79 Å². The maximum Gasteiger partial charge on any atom is 0.319 e. The summed E-state index contributed by atoms with van der Waals surface area (Å²) in [7, 11) is 0. The first-order valence-corrected chi connectivity index (χ1v) is 6.07. The van der Waals surface area contributed by atoms with Gasteiger partial charge in [-0.25, -0.2) is 0 Å². The molecule has 0 aromatic carbocycles. The molecule has 0 saturated carbocycles. The number of thioether (sulfide) groups is 1. The van der Waals surface area contributed by atoms with Crippen LogP contribution in [0.4, 0.5) is 0 Å². The summed E-state index contributed by atoms with van der Waals surface area (Å²) in [5.41, 5.74) is 0. The van der Waals surface area contributed by atoms with Crippen LogP contribution < -0.4 is 0 Å². The summed E-state index contributed by atoms with van der Waals surface area (Å²) in [4.78, 5) is 11.1. The third kappa shape index (κ3) is 2.63. The standard InChI is InChI=1S/C10H18O2S/c1-2-3-4-6-10(9(11)12)7-5-8-13-10/h2-8H2,1H3,(H,11,12). The van der Waals surface area contributed by atoms with E-state index in [1.807, 2.05) is 0 Å². The molecule has 1 fully saturated rings. The Labute approximate surface area is 84.1 Å². The minimum absolute atomic E-state index is 0.421. The lowest BCUT2D eigenvalue weighted by Gasteiger charge is -2.22. The molecule has 0 spiro atoms. The molecule has 1 atom stereocenters. The number of hydrogen-bond donors (Lipinski definition) is 1. The first-order valence-electron chi connectivity index (χ1n) is 5.08. The van der Waals surface area contributed by atoms with E-state index < -0.39 is 10.7 Å². The molecule has 1 heterocycles. The molecule has 1 unspecified atom stereocenters. The van der Waals surface area contributed by atoms with Crippen molar-refractivity contribution in [2.24, 2.45) is 0 Å². The van der Waals surface area contributed by atoms with Crippen LogP contribution in [0.15, 0.2) is 0 Å². The fourth-order valence-electron chi connectivity index (χ4n) is 1.83. The van der Waals surface area contributed by atoms with Gasteiger partial charge in [-0.1, -0.05) is 26.2 Å². The van der Waals surface area contributed by atoms with Gasteiger partial charge in [-0.05, 0) is 25.0 Å². The highest BCUT2D eigenvalue weighted by atomic mass is 32.2. The first kappa shape index (κ1) is 10.9. The molecule has 76 valence electrons. The van der Waals surface area contributed by atoms with Crippen LogP contribution in [0.2, 0.25) is 0 Å². The molecule has 1 aliphatic heterocycles. The zero-order chi connectivity index (χ0) is 9.73. The Morgan fingerprint density at radius 1 is 1.54 bits per heavy atom. The maximum atomic E-state index is 11.1. The topological polar surface area (TPSA) is 37.3 Å². The fraction of sp³-hybridized carbons (Fsp3) is 0.900. The number of rotatable bonds is 5. The molecule has 1 aliphatic rings. The largest absolute Gasteiger partial charge is 0.480 e. The van der Waals surface area contributed by atoms with Gasteiger partial charge in [-0.3, -0.25) is 4.79 Å². The number of unbranched alkanes of at least 4 members (excludes halogenated alkanes) is 2. The van der Waals surface area contributed by atoms with Crippen LogP contribution in [0.5, 0.6) is 0 Å². The van der Waals surface area contributed by atoms with Gasteiger partial charge in [0.05, 0.1) is 0 Å². The molecule has 3 heteroatoms. The second-order valence-electron chi connectivity index (χ2n) is 3.71. The molecule has 1 saturated heterocycles. The van der Waals surface area contributed by atoms with Crippen molar-refractivity contribution in [2.45, 2.75) is 50.2 Å². The monoisotopic (exact) mass is 202 g/mol. The van der Waals surface area contributed by atoms with Crippen LogP contribution in [0.3, 0.4) is 0 Å². The van der Waals surface area contributed by atoms with Crippen molar-refractivity contribution in [3.8, 4) is 0 Å². The van der Waals surface area contributed by atoms with Crippen molar-refractivity contribution in [2.75, 3.05) is 5.75 Å².